The lowest BCUT2D eigenvalue weighted by Crippen LogP contribution is -2.32. The third-order valence-corrected chi connectivity index (χ3v) is 4.20. The number of nitrogens with zero attached hydrogens (tertiary/aromatic N) is 4. The van der Waals surface area contributed by atoms with E-state index < -0.39 is 0 Å². The monoisotopic (exact) mass is 366 g/mol. The van der Waals surface area contributed by atoms with E-state index in [4.69, 9.17) is 4.98 Å². The Labute approximate surface area is 159 Å². The minimum absolute atomic E-state index is 0.0209. The number of hydrogen-bond acceptors (Lipinski definition) is 5. The van der Waals surface area contributed by atoms with E-state index in [9.17, 15) is 4.79 Å². The van der Waals surface area contributed by atoms with Crippen LogP contribution in [-0.4, -0.2) is 38.7 Å². The quantitative estimate of drug-likeness (QED) is 0.628. The molecule has 0 aliphatic rings. The van der Waals surface area contributed by atoms with Crippen LogP contribution in [0.3, 0.4) is 0 Å². The van der Waals surface area contributed by atoms with E-state index >= 15 is 0 Å². The first kappa shape index (κ1) is 18.8. The third kappa shape index (κ3) is 4.24. The summed E-state index contributed by atoms with van der Waals surface area (Å²) in [5, 5.41) is 11.6. The summed E-state index contributed by atoms with van der Waals surface area (Å²) >= 11 is 0. The van der Waals surface area contributed by atoms with Crippen molar-refractivity contribution in [2.75, 3.05) is 18.4 Å². The van der Waals surface area contributed by atoms with E-state index in [1.807, 2.05) is 48.9 Å². The lowest BCUT2D eigenvalue weighted by Gasteiger charge is -2.12. The Morgan fingerprint density at radius 2 is 1.81 bits per heavy atom. The molecule has 0 spiro atoms. The third-order valence-electron chi connectivity index (χ3n) is 4.20. The van der Waals surface area contributed by atoms with E-state index in [-0.39, 0.29) is 17.7 Å². The van der Waals surface area contributed by atoms with Gasteiger partial charge in [0.1, 0.15) is 11.6 Å². The maximum absolute atomic E-state index is 11.7. The van der Waals surface area contributed by atoms with Crippen molar-refractivity contribution in [3.8, 4) is 5.69 Å². The smallest absolute Gasteiger partial charge is 0.222 e. The number of anilines is 1. The van der Waals surface area contributed by atoms with Crippen LogP contribution in [0.4, 0.5) is 5.82 Å². The first-order valence-corrected chi connectivity index (χ1v) is 9.30. The summed E-state index contributed by atoms with van der Waals surface area (Å²) in [4.78, 5) is 21.1. The SMILES string of the molecule is CC(C)C(=O)NCCNc1nc(C(C)C)nc2c1cnn2-c1ccccc1. The molecule has 3 aromatic rings. The van der Waals surface area contributed by atoms with Crippen molar-refractivity contribution in [2.24, 2.45) is 5.92 Å². The summed E-state index contributed by atoms with van der Waals surface area (Å²) < 4.78 is 1.83. The van der Waals surface area contributed by atoms with Crippen molar-refractivity contribution in [1.82, 2.24) is 25.1 Å². The van der Waals surface area contributed by atoms with Gasteiger partial charge in [-0.05, 0) is 12.1 Å². The van der Waals surface area contributed by atoms with E-state index in [2.05, 4.69) is 34.6 Å². The van der Waals surface area contributed by atoms with Gasteiger partial charge in [-0.3, -0.25) is 4.79 Å². The molecule has 7 nitrogen and oxygen atoms in total. The Balaban J connectivity index is 1.88. The van der Waals surface area contributed by atoms with Gasteiger partial charge in [-0.15, -0.1) is 0 Å². The molecular formula is C20H26N6O. The maximum Gasteiger partial charge on any atom is 0.222 e. The molecule has 27 heavy (non-hydrogen) atoms. The van der Waals surface area contributed by atoms with Crippen LogP contribution in [0.5, 0.6) is 0 Å². The first-order chi connectivity index (χ1) is 13.0. The molecule has 0 unspecified atom stereocenters. The number of carbonyl (C=O) groups excluding carboxylic acids is 1. The molecule has 1 aromatic carbocycles. The summed E-state index contributed by atoms with van der Waals surface area (Å²) in [6.07, 6.45) is 1.78. The van der Waals surface area contributed by atoms with Gasteiger partial charge in [0.2, 0.25) is 5.91 Å². The minimum atomic E-state index is -0.0209. The molecule has 0 saturated carbocycles. The second-order valence-electron chi connectivity index (χ2n) is 7.09. The number of amides is 1. The van der Waals surface area contributed by atoms with Crippen molar-refractivity contribution in [3.05, 3.63) is 42.4 Å². The number of aromatic nitrogens is 4. The van der Waals surface area contributed by atoms with Crippen LogP contribution >= 0.6 is 0 Å². The molecule has 3 rings (SSSR count). The molecule has 0 radical (unpaired) electrons. The minimum Gasteiger partial charge on any atom is -0.368 e. The average molecular weight is 366 g/mol. The fraction of sp³-hybridized carbons (Fsp3) is 0.400. The molecule has 2 N–H and O–H groups in total. The van der Waals surface area contributed by atoms with Crippen LogP contribution in [0.25, 0.3) is 16.7 Å². The highest BCUT2D eigenvalue weighted by Gasteiger charge is 2.15. The Morgan fingerprint density at radius 1 is 1.07 bits per heavy atom. The van der Waals surface area contributed by atoms with Crippen molar-refractivity contribution < 1.29 is 4.79 Å². The van der Waals surface area contributed by atoms with Gasteiger partial charge in [0, 0.05) is 24.9 Å². The largest absolute Gasteiger partial charge is 0.368 e. The summed E-state index contributed by atoms with van der Waals surface area (Å²) in [5.74, 6) is 1.71. The maximum atomic E-state index is 11.7. The number of rotatable bonds is 7. The molecule has 0 bridgehead atoms. The normalized spacial score (nSPS) is 11.3. The summed E-state index contributed by atoms with van der Waals surface area (Å²) in [6, 6.07) is 9.92. The molecule has 0 saturated heterocycles. The lowest BCUT2D eigenvalue weighted by atomic mass is 10.2. The molecular weight excluding hydrogens is 340 g/mol. The summed E-state index contributed by atoms with van der Waals surface area (Å²) in [5.41, 5.74) is 1.73. The van der Waals surface area contributed by atoms with E-state index in [1.54, 1.807) is 6.20 Å². The fourth-order valence-electron chi connectivity index (χ4n) is 2.65. The molecule has 1 amide bonds. The highest BCUT2D eigenvalue weighted by Crippen LogP contribution is 2.24. The Bertz CT molecular complexity index is 917. The highest BCUT2D eigenvalue weighted by atomic mass is 16.1. The lowest BCUT2D eigenvalue weighted by molar-refractivity contribution is -0.123. The molecule has 0 fully saturated rings. The second kappa shape index (κ2) is 8.16. The van der Waals surface area contributed by atoms with E-state index in [0.717, 1.165) is 28.4 Å². The van der Waals surface area contributed by atoms with Gasteiger partial charge in [-0.2, -0.15) is 5.10 Å². The second-order valence-corrected chi connectivity index (χ2v) is 7.09. The zero-order chi connectivity index (χ0) is 19.4. The zero-order valence-electron chi connectivity index (χ0n) is 16.2. The summed E-state index contributed by atoms with van der Waals surface area (Å²) in [6.45, 7) is 9.01. The fourth-order valence-corrected chi connectivity index (χ4v) is 2.65. The van der Waals surface area contributed by atoms with Gasteiger partial charge >= 0.3 is 0 Å². The Kier molecular flexibility index (Phi) is 5.69. The zero-order valence-corrected chi connectivity index (χ0v) is 16.2. The standard InChI is InChI=1S/C20H26N6O/c1-13(2)17-24-18(21-10-11-22-20(27)14(3)4)16-12-23-26(19(16)25-17)15-8-6-5-7-9-15/h5-9,12-14H,10-11H2,1-4H3,(H,22,27)(H,21,24,25). The van der Waals surface area contributed by atoms with Gasteiger partial charge in [0.05, 0.1) is 17.3 Å². The molecule has 0 atom stereocenters. The van der Waals surface area contributed by atoms with Gasteiger partial charge in [-0.1, -0.05) is 45.9 Å². The molecule has 0 aliphatic heterocycles. The van der Waals surface area contributed by atoms with Crippen molar-refractivity contribution in [3.63, 3.8) is 0 Å². The number of nitrogens with one attached hydrogen (secondary N) is 2. The Hall–Kier alpha value is -2.96. The number of hydrogen-bond donors (Lipinski definition) is 2. The predicted octanol–water partition coefficient (Wildman–Crippen LogP) is 3.12. The molecule has 2 heterocycles. The highest BCUT2D eigenvalue weighted by molar-refractivity contribution is 5.87. The van der Waals surface area contributed by atoms with Crippen LogP contribution in [0.1, 0.15) is 39.4 Å². The van der Waals surface area contributed by atoms with Crippen molar-refractivity contribution in [2.45, 2.75) is 33.6 Å². The Morgan fingerprint density at radius 3 is 2.48 bits per heavy atom. The topological polar surface area (TPSA) is 84.7 Å². The number of benzene rings is 1. The average Bonchev–Trinajstić information content (AvgIpc) is 3.09. The van der Waals surface area contributed by atoms with Crippen LogP contribution in [0, 0.1) is 5.92 Å². The molecule has 2 aromatic heterocycles. The van der Waals surface area contributed by atoms with Crippen molar-refractivity contribution in [1.29, 1.82) is 0 Å². The van der Waals surface area contributed by atoms with Crippen LogP contribution < -0.4 is 10.6 Å². The molecule has 142 valence electrons. The summed E-state index contributed by atoms with van der Waals surface area (Å²) in [7, 11) is 0. The van der Waals surface area contributed by atoms with Gasteiger partial charge in [0.15, 0.2) is 5.65 Å². The molecule has 0 aliphatic carbocycles. The van der Waals surface area contributed by atoms with Gasteiger partial charge < -0.3 is 10.6 Å². The number of para-hydroxylation sites is 1. The van der Waals surface area contributed by atoms with E-state index in [1.165, 1.54) is 0 Å². The first-order valence-electron chi connectivity index (χ1n) is 9.30. The van der Waals surface area contributed by atoms with Crippen molar-refractivity contribution >= 4 is 22.8 Å². The molecule has 7 heteroatoms. The number of carbonyl (C=O) groups is 1. The van der Waals surface area contributed by atoms with Crippen LogP contribution in [-0.2, 0) is 4.79 Å². The van der Waals surface area contributed by atoms with Gasteiger partial charge in [-0.25, -0.2) is 14.6 Å². The van der Waals surface area contributed by atoms with Gasteiger partial charge in [0.25, 0.3) is 0 Å². The van der Waals surface area contributed by atoms with E-state index in [0.29, 0.717) is 13.1 Å². The predicted molar refractivity (Wildman–Crippen MR) is 107 cm³/mol. The van der Waals surface area contributed by atoms with Crippen LogP contribution in [0.15, 0.2) is 36.5 Å². The number of fused-ring (bicyclic) bond motifs is 1. The van der Waals surface area contributed by atoms with Crippen LogP contribution in [0.2, 0.25) is 0 Å².